The molecule has 0 aliphatic carbocycles. The third-order valence-corrected chi connectivity index (χ3v) is 3.31. The highest BCUT2D eigenvalue weighted by Gasteiger charge is 2.41. The summed E-state index contributed by atoms with van der Waals surface area (Å²) >= 11 is 0. The average molecular weight is 207 g/mol. The van der Waals surface area contributed by atoms with Crippen molar-refractivity contribution < 1.29 is 23.1 Å². The lowest BCUT2D eigenvalue weighted by atomic mass is 10.3. The molecule has 0 aromatic rings. The Labute approximate surface area is 75.1 Å². The zero-order valence-corrected chi connectivity index (χ0v) is 7.74. The Hall–Kier alpha value is -1.11. The zero-order valence-electron chi connectivity index (χ0n) is 6.93. The van der Waals surface area contributed by atoms with Crippen molar-refractivity contribution in [3.05, 3.63) is 0 Å². The van der Waals surface area contributed by atoms with Crippen LogP contribution < -0.4 is 0 Å². The number of hydrogen-bond donors (Lipinski definition) is 1. The molecule has 1 atom stereocenters. The first-order chi connectivity index (χ1) is 5.83. The minimum Gasteiger partial charge on any atom is -0.480 e. The summed E-state index contributed by atoms with van der Waals surface area (Å²) in [4.78, 5) is 22.2. The molecular formula is C6H9NO5S. The van der Waals surface area contributed by atoms with Gasteiger partial charge in [-0.3, -0.25) is 4.79 Å². The second-order valence-corrected chi connectivity index (χ2v) is 4.96. The Balaban J connectivity index is 2.97. The highest BCUT2D eigenvalue weighted by Crippen LogP contribution is 2.15. The largest absolute Gasteiger partial charge is 0.480 e. The Morgan fingerprint density at radius 1 is 1.46 bits per heavy atom. The number of carbonyl (C=O) groups is 2. The lowest BCUT2D eigenvalue weighted by Gasteiger charge is -2.16. The summed E-state index contributed by atoms with van der Waals surface area (Å²) in [6, 6.07) is -1.22. The fourth-order valence-electron chi connectivity index (χ4n) is 1.20. The van der Waals surface area contributed by atoms with Gasteiger partial charge in [-0.25, -0.2) is 13.2 Å². The van der Waals surface area contributed by atoms with E-state index in [1.54, 1.807) is 0 Å². The fourth-order valence-corrected chi connectivity index (χ4v) is 2.89. The van der Waals surface area contributed by atoms with Crippen LogP contribution in [0.15, 0.2) is 0 Å². The Morgan fingerprint density at radius 2 is 2.00 bits per heavy atom. The van der Waals surface area contributed by atoms with Crippen molar-refractivity contribution in [3.8, 4) is 0 Å². The Morgan fingerprint density at radius 3 is 2.31 bits per heavy atom. The van der Waals surface area contributed by atoms with Crippen molar-refractivity contribution in [2.45, 2.75) is 13.0 Å². The van der Waals surface area contributed by atoms with Gasteiger partial charge >= 0.3 is 5.97 Å². The molecule has 0 aromatic carbocycles. The van der Waals surface area contributed by atoms with Crippen LogP contribution in [0.5, 0.6) is 0 Å². The number of carbonyl (C=O) groups excluding carboxylic acids is 1. The molecule has 1 saturated heterocycles. The van der Waals surface area contributed by atoms with E-state index in [1.165, 1.54) is 0 Å². The van der Waals surface area contributed by atoms with E-state index in [0.717, 1.165) is 11.8 Å². The van der Waals surface area contributed by atoms with Crippen LogP contribution >= 0.6 is 0 Å². The first-order valence-electron chi connectivity index (χ1n) is 3.54. The van der Waals surface area contributed by atoms with Crippen molar-refractivity contribution in [2.75, 3.05) is 11.6 Å². The molecule has 1 N–H and O–H groups in total. The van der Waals surface area contributed by atoms with Gasteiger partial charge in [-0.15, -0.1) is 0 Å². The predicted molar refractivity (Wildman–Crippen MR) is 42.6 cm³/mol. The number of aliphatic carboxylic acids is 1. The van der Waals surface area contributed by atoms with Crippen molar-refractivity contribution in [1.29, 1.82) is 0 Å². The first kappa shape index (κ1) is 9.97. The molecule has 0 aromatic heterocycles. The van der Waals surface area contributed by atoms with Crippen LogP contribution in [0, 0.1) is 0 Å². The molecule has 0 spiro atoms. The maximum absolute atomic E-state index is 11.0. The molecule has 0 bridgehead atoms. The van der Waals surface area contributed by atoms with Crippen molar-refractivity contribution in [3.63, 3.8) is 0 Å². The van der Waals surface area contributed by atoms with E-state index < -0.39 is 39.4 Å². The molecule has 1 fully saturated rings. The van der Waals surface area contributed by atoms with Crippen molar-refractivity contribution in [1.82, 2.24) is 4.90 Å². The van der Waals surface area contributed by atoms with Crippen LogP contribution in [-0.2, 0) is 19.4 Å². The third kappa shape index (κ3) is 1.97. The molecule has 1 heterocycles. The summed E-state index contributed by atoms with van der Waals surface area (Å²) in [6.45, 7) is 1.15. The van der Waals surface area contributed by atoms with Gasteiger partial charge in [-0.1, -0.05) is 0 Å². The van der Waals surface area contributed by atoms with Crippen LogP contribution in [0.1, 0.15) is 6.92 Å². The molecule has 1 aliphatic heterocycles. The van der Waals surface area contributed by atoms with Crippen LogP contribution in [0.4, 0.5) is 0 Å². The van der Waals surface area contributed by atoms with E-state index in [4.69, 9.17) is 5.11 Å². The van der Waals surface area contributed by atoms with Crippen molar-refractivity contribution >= 4 is 21.7 Å². The highest BCUT2D eigenvalue weighted by molar-refractivity contribution is 7.91. The topological polar surface area (TPSA) is 91.8 Å². The minimum atomic E-state index is -3.41. The number of hydrogen-bond acceptors (Lipinski definition) is 4. The van der Waals surface area contributed by atoms with E-state index in [-0.39, 0.29) is 0 Å². The lowest BCUT2D eigenvalue weighted by molar-refractivity contribution is -0.146. The molecule has 0 saturated carbocycles. The van der Waals surface area contributed by atoms with Gasteiger partial charge in [0, 0.05) is 6.92 Å². The van der Waals surface area contributed by atoms with Gasteiger partial charge in [-0.05, 0) is 0 Å². The Kier molecular flexibility index (Phi) is 2.29. The molecule has 1 aliphatic rings. The van der Waals surface area contributed by atoms with E-state index in [9.17, 15) is 18.0 Å². The van der Waals surface area contributed by atoms with Crippen LogP contribution in [0.25, 0.3) is 0 Å². The summed E-state index contributed by atoms with van der Waals surface area (Å²) in [5.74, 6) is -2.79. The van der Waals surface area contributed by atoms with Gasteiger partial charge in [0.05, 0.1) is 5.75 Å². The molecule has 7 heteroatoms. The number of sulfone groups is 1. The SMILES string of the molecule is CC(=O)N1CS(=O)(=O)C[C@H]1C(=O)O. The fraction of sp³-hybridized carbons (Fsp3) is 0.667. The zero-order chi connectivity index (χ0) is 10.2. The predicted octanol–water partition coefficient (Wildman–Crippen LogP) is -1.33. The van der Waals surface area contributed by atoms with Crippen LogP contribution in [0.2, 0.25) is 0 Å². The second kappa shape index (κ2) is 2.99. The summed E-state index contributed by atoms with van der Waals surface area (Å²) in [5, 5.41) is 8.61. The molecule has 0 radical (unpaired) electrons. The minimum absolute atomic E-state index is 0.484. The molecule has 6 nitrogen and oxygen atoms in total. The van der Waals surface area contributed by atoms with Gasteiger partial charge in [0.25, 0.3) is 0 Å². The normalized spacial score (nSPS) is 25.9. The number of nitrogens with zero attached hydrogens (tertiary/aromatic N) is 1. The standard InChI is InChI=1S/C6H9NO5S/c1-4(8)7-3-13(11,12)2-5(7)6(9)10/h5H,2-3H2,1H3,(H,9,10)/t5-/m0/s1. The lowest BCUT2D eigenvalue weighted by Crippen LogP contribution is -2.40. The van der Waals surface area contributed by atoms with Gasteiger partial charge in [0.15, 0.2) is 9.84 Å². The molecule has 74 valence electrons. The summed E-state index contributed by atoms with van der Waals surface area (Å²) < 4.78 is 22.0. The van der Waals surface area contributed by atoms with Crippen molar-refractivity contribution in [2.24, 2.45) is 0 Å². The van der Waals surface area contributed by atoms with Gasteiger partial charge in [0.2, 0.25) is 5.91 Å². The van der Waals surface area contributed by atoms with Gasteiger partial charge in [0.1, 0.15) is 11.9 Å². The highest BCUT2D eigenvalue weighted by atomic mass is 32.2. The van der Waals surface area contributed by atoms with Crippen LogP contribution in [-0.4, -0.2) is 48.0 Å². The van der Waals surface area contributed by atoms with Crippen LogP contribution in [0.3, 0.4) is 0 Å². The quantitative estimate of drug-likeness (QED) is 0.575. The summed E-state index contributed by atoms with van der Waals surface area (Å²) in [7, 11) is -3.41. The molecule has 13 heavy (non-hydrogen) atoms. The maximum Gasteiger partial charge on any atom is 0.327 e. The van der Waals surface area contributed by atoms with Gasteiger partial charge in [-0.2, -0.15) is 0 Å². The van der Waals surface area contributed by atoms with E-state index in [1.807, 2.05) is 0 Å². The third-order valence-electron chi connectivity index (χ3n) is 1.81. The molecule has 1 rings (SSSR count). The van der Waals surface area contributed by atoms with Gasteiger partial charge < -0.3 is 10.0 Å². The molecule has 1 amide bonds. The summed E-state index contributed by atoms with van der Waals surface area (Å²) in [5.41, 5.74) is 0. The monoisotopic (exact) mass is 207 g/mol. The molecular weight excluding hydrogens is 198 g/mol. The number of rotatable bonds is 1. The Bertz CT molecular complexity index is 318. The average Bonchev–Trinajstić information content (AvgIpc) is 2.26. The number of amides is 1. The summed E-state index contributed by atoms with van der Waals surface area (Å²) in [6.07, 6.45) is 0. The number of carboxylic acids is 1. The maximum atomic E-state index is 11.0. The van der Waals surface area contributed by atoms with E-state index >= 15 is 0 Å². The number of carboxylic acid groups (broad SMARTS) is 1. The molecule has 0 unspecified atom stereocenters. The first-order valence-corrected chi connectivity index (χ1v) is 5.36. The smallest absolute Gasteiger partial charge is 0.327 e. The van der Waals surface area contributed by atoms with E-state index in [2.05, 4.69) is 0 Å². The van der Waals surface area contributed by atoms with E-state index in [0.29, 0.717) is 0 Å². The second-order valence-electron chi connectivity index (χ2n) is 2.88.